The third-order valence-corrected chi connectivity index (χ3v) is 9.23. The van der Waals surface area contributed by atoms with E-state index in [1.54, 1.807) is 17.5 Å². The monoisotopic (exact) mass is 525 g/mol. The molecule has 0 atom stereocenters. The Morgan fingerprint density at radius 1 is 0.967 bits per heavy atom. The van der Waals surface area contributed by atoms with Crippen LogP contribution in [0.25, 0.3) is 0 Å². The number of rotatable bonds is 2. The molecule has 1 aliphatic heterocycles. The predicted octanol–water partition coefficient (Wildman–Crippen LogP) is 2.86. The Labute approximate surface area is 186 Å². The Hall–Kier alpha value is -2.85. The number of Topliss-reactive ketones (excluding diaryl/α,β-unsaturated/α-hetero) is 2. The van der Waals surface area contributed by atoms with Gasteiger partial charge in [0.05, 0.1) is 0 Å². The van der Waals surface area contributed by atoms with Crippen molar-refractivity contribution in [2.75, 3.05) is 4.90 Å². The van der Waals surface area contributed by atoms with Crippen LogP contribution in [0, 0.1) is 0 Å². The molecule has 4 heterocycles. The van der Waals surface area contributed by atoms with Crippen molar-refractivity contribution in [3.8, 4) is 0 Å². The van der Waals surface area contributed by atoms with Gasteiger partial charge in [0.25, 0.3) is 0 Å². The Morgan fingerprint density at radius 2 is 1.70 bits per heavy atom. The predicted molar refractivity (Wildman–Crippen MR) is 117 cm³/mol. The summed E-state index contributed by atoms with van der Waals surface area (Å²) in [5, 5.41) is 1.79. The van der Waals surface area contributed by atoms with Crippen LogP contribution in [-0.2, 0) is 0 Å². The summed E-state index contributed by atoms with van der Waals surface area (Å²) in [5.74, 6) is 1.54. The Morgan fingerprint density at radius 3 is 2.40 bits per heavy atom. The van der Waals surface area contributed by atoms with Crippen LogP contribution < -0.4 is 12.1 Å². The molecule has 0 radical (unpaired) electrons. The van der Waals surface area contributed by atoms with Gasteiger partial charge in [-0.25, -0.2) is 0 Å². The fourth-order valence-electron chi connectivity index (χ4n) is 3.88. The van der Waals surface area contributed by atoms with Gasteiger partial charge in [0.15, 0.2) is 0 Å². The van der Waals surface area contributed by atoms with Crippen molar-refractivity contribution >= 4 is 62.7 Å². The van der Waals surface area contributed by atoms with Gasteiger partial charge in [-0.3, -0.25) is 0 Å². The van der Waals surface area contributed by atoms with Gasteiger partial charge in [0, 0.05) is 0 Å². The summed E-state index contributed by atoms with van der Waals surface area (Å²) in [6.45, 7) is 0. The van der Waals surface area contributed by atoms with E-state index in [9.17, 15) is 9.59 Å². The number of anilines is 2. The molecule has 0 fully saturated rings. The fraction of sp³-hybridized carbons (Fsp3) is 0.0435. The number of hydrogen-bond acceptors (Lipinski definition) is 6. The molecule has 3 aliphatic rings. The van der Waals surface area contributed by atoms with E-state index in [-0.39, 0.29) is 17.1 Å². The molecule has 0 bridgehead atoms. The first-order valence-electron chi connectivity index (χ1n) is 9.37. The zero-order chi connectivity index (χ0) is 20.2. The standard InChI is InChI=1S/C23H13N3O2STe/c27-19-15-7-10-29-21(15)20(28)16(19)12-13-5-6-14(11-13)26-22-17(3-1-8-24-22)30-18-4-2-9-25-23(18)26/h1-10,12H,11H2/b16-12+. The molecule has 3 aromatic rings. The number of ketones is 2. The van der Waals surface area contributed by atoms with Gasteiger partial charge in [0.1, 0.15) is 0 Å². The average Bonchev–Trinajstić information content (AvgIpc) is 3.48. The molecule has 0 saturated heterocycles. The van der Waals surface area contributed by atoms with Crippen molar-refractivity contribution in [3.05, 3.63) is 93.6 Å². The van der Waals surface area contributed by atoms with E-state index in [4.69, 9.17) is 0 Å². The van der Waals surface area contributed by atoms with Gasteiger partial charge in [-0.1, -0.05) is 0 Å². The Balaban J connectivity index is 1.33. The van der Waals surface area contributed by atoms with E-state index in [0.717, 1.165) is 22.9 Å². The second kappa shape index (κ2) is 6.85. The first-order valence-corrected chi connectivity index (χ1v) is 12.6. The normalized spacial score (nSPS) is 18.3. The summed E-state index contributed by atoms with van der Waals surface area (Å²) in [6.07, 6.45) is 10.0. The summed E-state index contributed by atoms with van der Waals surface area (Å²) < 4.78 is 2.56. The number of nitrogens with zero attached hydrogens (tertiary/aromatic N) is 3. The molecule has 0 spiro atoms. The van der Waals surface area contributed by atoms with Crippen molar-refractivity contribution in [2.45, 2.75) is 6.42 Å². The van der Waals surface area contributed by atoms with Crippen LogP contribution in [0.2, 0.25) is 0 Å². The van der Waals surface area contributed by atoms with Gasteiger partial charge in [-0.05, 0) is 0 Å². The van der Waals surface area contributed by atoms with E-state index in [1.807, 2.05) is 36.7 Å². The maximum absolute atomic E-state index is 12.6. The fourth-order valence-corrected chi connectivity index (χ4v) is 7.59. The number of fused-ring (bicyclic) bond motifs is 3. The molecular formula is C23H13N3O2STe. The van der Waals surface area contributed by atoms with Gasteiger partial charge < -0.3 is 0 Å². The number of aromatic nitrogens is 2. The Bertz CT molecular complexity index is 1270. The molecule has 0 N–H and O–H groups in total. The van der Waals surface area contributed by atoms with Crippen molar-refractivity contribution in [2.24, 2.45) is 0 Å². The third-order valence-electron chi connectivity index (χ3n) is 5.24. The topological polar surface area (TPSA) is 63.2 Å². The van der Waals surface area contributed by atoms with Crippen LogP contribution in [0.5, 0.6) is 0 Å². The summed E-state index contributed by atoms with van der Waals surface area (Å²) in [7, 11) is 0. The Kier molecular flexibility index (Phi) is 4.10. The first-order chi connectivity index (χ1) is 14.7. The number of thiophene rings is 1. The summed E-state index contributed by atoms with van der Waals surface area (Å²) in [5.41, 5.74) is 2.77. The summed E-state index contributed by atoms with van der Waals surface area (Å²) in [4.78, 5) is 37.2. The molecule has 2 aliphatic carbocycles. The first kappa shape index (κ1) is 18.0. The van der Waals surface area contributed by atoms with Crippen LogP contribution in [0.1, 0.15) is 26.5 Å². The van der Waals surface area contributed by atoms with Gasteiger partial charge in [-0.2, -0.15) is 0 Å². The minimum atomic E-state index is -0.541. The number of pyridine rings is 2. The molecule has 6 rings (SSSR count). The van der Waals surface area contributed by atoms with Gasteiger partial charge in [0.2, 0.25) is 0 Å². The molecule has 0 unspecified atom stereocenters. The zero-order valence-electron chi connectivity index (χ0n) is 15.5. The minimum absolute atomic E-state index is 0.165. The number of carbonyl (C=O) groups is 2. The quantitative estimate of drug-likeness (QED) is 0.294. The number of carbonyl (C=O) groups excluding carboxylic acids is 2. The van der Waals surface area contributed by atoms with E-state index in [0.29, 0.717) is 16.9 Å². The van der Waals surface area contributed by atoms with Crippen molar-refractivity contribution < 1.29 is 9.59 Å². The van der Waals surface area contributed by atoms with E-state index in [2.05, 4.69) is 27.0 Å². The number of allylic oxidation sites excluding steroid dienone is 5. The molecule has 0 amide bonds. The van der Waals surface area contributed by atoms with Crippen LogP contribution in [-0.4, -0.2) is 42.5 Å². The third kappa shape index (κ3) is 2.67. The summed E-state index contributed by atoms with van der Waals surface area (Å²) >= 11 is 0.787. The zero-order valence-corrected chi connectivity index (χ0v) is 18.7. The number of hydrogen-bond donors (Lipinski definition) is 0. The summed E-state index contributed by atoms with van der Waals surface area (Å²) in [6, 6.07) is 9.99. The van der Waals surface area contributed by atoms with Crippen molar-refractivity contribution in [3.63, 3.8) is 0 Å². The molecule has 30 heavy (non-hydrogen) atoms. The second-order valence-electron chi connectivity index (χ2n) is 7.04. The maximum atomic E-state index is 12.6. The molecule has 144 valence electrons. The SMILES string of the molecule is O=C1/C(=C\C2=CC=C(N3c4ncccc4[Te]c4cccnc43)C2)C(=O)c2sccc21. The van der Waals surface area contributed by atoms with E-state index in [1.165, 1.54) is 18.6 Å². The molecule has 7 heteroatoms. The van der Waals surface area contributed by atoms with Crippen LogP contribution >= 0.6 is 11.3 Å². The molecular weight excluding hydrogens is 510 g/mol. The van der Waals surface area contributed by atoms with Crippen LogP contribution in [0.4, 0.5) is 11.6 Å². The molecule has 0 saturated carbocycles. The molecule has 3 aromatic heterocycles. The van der Waals surface area contributed by atoms with Gasteiger partial charge in [-0.15, -0.1) is 0 Å². The van der Waals surface area contributed by atoms with Gasteiger partial charge >= 0.3 is 187 Å². The second-order valence-corrected chi connectivity index (χ2v) is 11.1. The van der Waals surface area contributed by atoms with Crippen molar-refractivity contribution in [1.29, 1.82) is 0 Å². The molecule has 5 nitrogen and oxygen atoms in total. The average molecular weight is 523 g/mol. The van der Waals surface area contributed by atoms with E-state index < -0.39 is 20.9 Å². The van der Waals surface area contributed by atoms with Crippen LogP contribution in [0.3, 0.4) is 0 Å². The van der Waals surface area contributed by atoms with Crippen molar-refractivity contribution in [1.82, 2.24) is 9.97 Å². The molecule has 0 aromatic carbocycles. The van der Waals surface area contributed by atoms with Crippen LogP contribution in [0.15, 0.2) is 83.2 Å². The van der Waals surface area contributed by atoms with E-state index >= 15 is 0 Å².